The normalized spacial score (nSPS) is 30.8. The molecule has 0 saturated heterocycles. The van der Waals surface area contributed by atoms with Gasteiger partial charge >= 0.3 is 0 Å². The largest absolute Gasteiger partial charge is 0.396 e. The van der Waals surface area contributed by atoms with Crippen LogP contribution in [0.4, 0.5) is 0 Å². The standard InChI is InChI=1S/C14H25NO2/c1-2-15(6-3-7-16)14(17)10-13-9-11-4-5-12(13)8-11/h11-13,16H,2-10H2,1H3. The number of aliphatic hydroxyl groups excluding tert-OH is 1. The van der Waals surface area contributed by atoms with Crippen LogP contribution in [-0.2, 0) is 4.79 Å². The summed E-state index contributed by atoms with van der Waals surface area (Å²) in [4.78, 5) is 14.1. The van der Waals surface area contributed by atoms with Crippen molar-refractivity contribution in [3.63, 3.8) is 0 Å². The highest BCUT2D eigenvalue weighted by molar-refractivity contribution is 5.76. The topological polar surface area (TPSA) is 40.5 Å². The van der Waals surface area contributed by atoms with E-state index < -0.39 is 0 Å². The molecule has 1 amide bonds. The lowest BCUT2D eigenvalue weighted by atomic mass is 9.86. The molecule has 0 spiro atoms. The van der Waals surface area contributed by atoms with Gasteiger partial charge in [-0.3, -0.25) is 4.79 Å². The van der Waals surface area contributed by atoms with E-state index in [0.29, 0.717) is 24.8 Å². The van der Waals surface area contributed by atoms with Crippen LogP contribution in [0.3, 0.4) is 0 Å². The number of carbonyl (C=O) groups excluding carboxylic acids is 1. The van der Waals surface area contributed by atoms with Gasteiger partial charge in [-0.05, 0) is 50.4 Å². The molecule has 17 heavy (non-hydrogen) atoms. The van der Waals surface area contributed by atoms with Crippen molar-refractivity contribution >= 4 is 5.91 Å². The third-order valence-corrected chi connectivity index (χ3v) is 4.64. The first-order valence-electron chi connectivity index (χ1n) is 7.13. The number of fused-ring (bicyclic) bond motifs is 2. The first kappa shape index (κ1) is 12.9. The number of hydrogen-bond acceptors (Lipinski definition) is 2. The van der Waals surface area contributed by atoms with E-state index in [1.54, 1.807) is 0 Å². The van der Waals surface area contributed by atoms with Crippen molar-refractivity contribution in [2.24, 2.45) is 17.8 Å². The highest BCUT2D eigenvalue weighted by Gasteiger charge is 2.40. The van der Waals surface area contributed by atoms with Gasteiger partial charge in [0.15, 0.2) is 0 Å². The van der Waals surface area contributed by atoms with E-state index in [4.69, 9.17) is 5.11 Å². The van der Waals surface area contributed by atoms with Gasteiger partial charge < -0.3 is 10.0 Å². The average Bonchev–Trinajstić information content (AvgIpc) is 2.92. The smallest absolute Gasteiger partial charge is 0.222 e. The molecule has 0 aromatic rings. The zero-order valence-electron chi connectivity index (χ0n) is 10.9. The molecule has 0 aromatic carbocycles. The van der Waals surface area contributed by atoms with Crippen LogP contribution >= 0.6 is 0 Å². The highest BCUT2D eigenvalue weighted by atomic mass is 16.3. The second-order valence-corrected chi connectivity index (χ2v) is 5.69. The van der Waals surface area contributed by atoms with Crippen molar-refractivity contribution in [3.05, 3.63) is 0 Å². The molecule has 3 unspecified atom stereocenters. The number of aliphatic hydroxyl groups is 1. The van der Waals surface area contributed by atoms with Crippen molar-refractivity contribution in [3.8, 4) is 0 Å². The Morgan fingerprint density at radius 3 is 2.71 bits per heavy atom. The Kier molecular flexibility index (Phi) is 4.43. The fourth-order valence-corrected chi connectivity index (χ4v) is 3.70. The molecule has 2 bridgehead atoms. The Bertz CT molecular complexity index is 267. The maximum absolute atomic E-state index is 12.2. The average molecular weight is 239 g/mol. The molecule has 98 valence electrons. The van der Waals surface area contributed by atoms with Gasteiger partial charge in [-0.25, -0.2) is 0 Å². The Balaban J connectivity index is 1.79. The van der Waals surface area contributed by atoms with Crippen LogP contribution in [0, 0.1) is 17.8 Å². The molecule has 2 rings (SSSR count). The number of carbonyl (C=O) groups is 1. The van der Waals surface area contributed by atoms with E-state index in [0.717, 1.165) is 24.8 Å². The molecule has 2 fully saturated rings. The highest BCUT2D eigenvalue weighted by Crippen LogP contribution is 2.49. The van der Waals surface area contributed by atoms with Gasteiger partial charge in [0.1, 0.15) is 0 Å². The fourth-order valence-electron chi connectivity index (χ4n) is 3.70. The van der Waals surface area contributed by atoms with E-state index in [-0.39, 0.29) is 6.61 Å². The lowest BCUT2D eigenvalue weighted by Gasteiger charge is -2.26. The van der Waals surface area contributed by atoms with Gasteiger partial charge in [0.05, 0.1) is 0 Å². The minimum atomic E-state index is 0.178. The molecule has 0 heterocycles. The van der Waals surface area contributed by atoms with Crippen LogP contribution in [-0.4, -0.2) is 35.6 Å². The van der Waals surface area contributed by atoms with Gasteiger partial charge in [-0.1, -0.05) is 6.42 Å². The molecule has 2 saturated carbocycles. The van der Waals surface area contributed by atoms with Crippen LogP contribution in [0.1, 0.15) is 45.4 Å². The summed E-state index contributed by atoms with van der Waals surface area (Å²) < 4.78 is 0. The Labute approximate surface area is 104 Å². The minimum absolute atomic E-state index is 0.178. The molecule has 1 N–H and O–H groups in total. The predicted octanol–water partition coefficient (Wildman–Crippen LogP) is 2.04. The van der Waals surface area contributed by atoms with Crippen molar-refractivity contribution in [2.75, 3.05) is 19.7 Å². The summed E-state index contributed by atoms with van der Waals surface area (Å²) in [7, 11) is 0. The van der Waals surface area contributed by atoms with Crippen LogP contribution in [0.5, 0.6) is 0 Å². The number of amides is 1. The quantitative estimate of drug-likeness (QED) is 0.770. The van der Waals surface area contributed by atoms with Gasteiger partial charge in [-0.15, -0.1) is 0 Å². The second kappa shape index (κ2) is 5.85. The summed E-state index contributed by atoms with van der Waals surface area (Å²) >= 11 is 0. The van der Waals surface area contributed by atoms with Crippen LogP contribution in [0.25, 0.3) is 0 Å². The summed E-state index contributed by atoms with van der Waals surface area (Å²) in [5, 5.41) is 8.82. The molecule has 3 nitrogen and oxygen atoms in total. The Morgan fingerprint density at radius 1 is 1.35 bits per heavy atom. The van der Waals surface area contributed by atoms with Crippen LogP contribution in [0.2, 0.25) is 0 Å². The summed E-state index contributed by atoms with van der Waals surface area (Å²) in [6.07, 6.45) is 6.87. The maximum atomic E-state index is 12.2. The molecular formula is C14H25NO2. The van der Waals surface area contributed by atoms with Crippen molar-refractivity contribution in [1.82, 2.24) is 4.90 Å². The molecular weight excluding hydrogens is 214 g/mol. The number of rotatable bonds is 6. The van der Waals surface area contributed by atoms with E-state index in [9.17, 15) is 4.79 Å². The van der Waals surface area contributed by atoms with Crippen LogP contribution in [0.15, 0.2) is 0 Å². The van der Waals surface area contributed by atoms with E-state index in [1.807, 2.05) is 11.8 Å². The maximum Gasteiger partial charge on any atom is 0.222 e. The third-order valence-electron chi connectivity index (χ3n) is 4.64. The van der Waals surface area contributed by atoms with Crippen molar-refractivity contribution in [1.29, 1.82) is 0 Å². The molecule has 0 aliphatic heterocycles. The predicted molar refractivity (Wildman–Crippen MR) is 67.5 cm³/mol. The van der Waals surface area contributed by atoms with E-state index in [1.165, 1.54) is 25.7 Å². The van der Waals surface area contributed by atoms with E-state index in [2.05, 4.69) is 0 Å². The van der Waals surface area contributed by atoms with Gasteiger partial charge in [0.2, 0.25) is 5.91 Å². The zero-order valence-corrected chi connectivity index (χ0v) is 10.9. The molecule has 2 aliphatic rings. The lowest BCUT2D eigenvalue weighted by Crippen LogP contribution is -2.34. The third kappa shape index (κ3) is 3.01. The summed E-state index contributed by atoms with van der Waals surface area (Å²) in [5.41, 5.74) is 0. The van der Waals surface area contributed by atoms with Gasteiger partial charge in [0, 0.05) is 26.1 Å². The SMILES string of the molecule is CCN(CCCO)C(=O)CC1CC2CCC1C2. The monoisotopic (exact) mass is 239 g/mol. The first-order chi connectivity index (χ1) is 8.24. The summed E-state index contributed by atoms with van der Waals surface area (Å²) in [5.74, 6) is 2.72. The van der Waals surface area contributed by atoms with Gasteiger partial charge in [0.25, 0.3) is 0 Å². The molecule has 3 heteroatoms. The van der Waals surface area contributed by atoms with Crippen molar-refractivity contribution in [2.45, 2.75) is 45.4 Å². The molecule has 0 radical (unpaired) electrons. The Morgan fingerprint density at radius 2 is 2.18 bits per heavy atom. The summed E-state index contributed by atoms with van der Waals surface area (Å²) in [6.45, 7) is 3.69. The number of nitrogens with zero attached hydrogens (tertiary/aromatic N) is 1. The Hall–Kier alpha value is -0.570. The fraction of sp³-hybridized carbons (Fsp3) is 0.929. The van der Waals surface area contributed by atoms with Crippen LogP contribution < -0.4 is 0 Å². The molecule has 0 aromatic heterocycles. The lowest BCUT2D eigenvalue weighted by molar-refractivity contribution is -0.132. The second-order valence-electron chi connectivity index (χ2n) is 5.69. The summed E-state index contributed by atoms with van der Waals surface area (Å²) in [6, 6.07) is 0. The first-order valence-corrected chi connectivity index (χ1v) is 7.13. The molecule has 3 atom stereocenters. The van der Waals surface area contributed by atoms with Crippen molar-refractivity contribution < 1.29 is 9.90 Å². The zero-order chi connectivity index (χ0) is 12.3. The van der Waals surface area contributed by atoms with E-state index >= 15 is 0 Å². The molecule has 2 aliphatic carbocycles. The van der Waals surface area contributed by atoms with Gasteiger partial charge in [-0.2, -0.15) is 0 Å². The number of hydrogen-bond donors (Lipinski definition) is 1. The minimum Gasteiger partial charge on any atom is -0.396 e.